The van der Waals surface area contributed by atoms with Gasteiger partial charge in [-0.15, -0.1) is 11.3 Å². The molecule has 0 saturated heterocycles. The van der Waals surface area contributed by atoms with E-state index in [2.05, 4.69) is 10.6 Å². The van der Waals surface area contributed by atoms with Gasteiger partial charge < -0.3 is 11.1 Å². The highest BCUT2D eigenvalue weighted by Crippen LogP contribution is 2.23. The third-order valence-corrected chi connectivity index (χ3v) is 4.26. The predicted octanol–water partition coefficient (Wildman–Crippen LogP) is 2.66. The summed E-state index contributed by atoms with van der Waals surface area (Å²) in [6.07, 6.45) is 0. The van der Waals surface area contributed by atoms with Crippen molar-refractivity contribution in [1.29, 1.82) is 0 Å². The van der Waals surface area contributed by atoms with E-state index in [1.807, 2.05) is 0 Å². The fraction of sp³-hybridized carbons (Fsp3) is 0.250. The van der Waals surface area contributed by atoms with E-state index in [1.54, 1.807) is 43.5 Å². The second-order valence-electron chi connectivity index (χ2n) is 5.15. The number of anilines is 1. The number of carbonyl (C=O) groups is 2. The zero-order valence-electron chi connectivity index (χ0n) is 12.8. The van der Waals surface area contributed by atoms with Crippen molar-refractivity contribution in [2.24, 2.45) is 5.73 Å². The molecule has 5 nitrogen and oxygen atoms in total. The number of thiophene rings is 1. The molecule has 0 aliphatic rings. The topological polar surface area (TPSA) is 84.2 Å². The summed E-state index contributed by atoms with van der Waals surface area (Å²) in [4.78, 5) is 23.5. The maximum Gasteiger partial charge on any atom is 0.251 e. The Balaban J connectivity index is 2.01. The first-order chi connectivity index (χ1) is 10.9. The lowest BCUT2D eigenvalue weighted by atomic mass is 10.1. The van der Waals surface area contributed by atoms with Crippen molar-refractivity contribution in [2.45, 2.75) is 25.9 Å². The van der Waals surface area contributed by atoms with Crippen LogP contribution in [-0.2, 0) is 4.79 Å². The van der Waals surface area contributed by atoms with Crippen molar-refractivity contribution in [1.82, 2.24) is 5.32 Å². The highest BCUT2D eigenvalue weighted by Gasteiger charge is 2.20. The maximum atomic E-state index is 13.7. The number of hydrogen-bond donors (Lipinski definition) is 3. The number of carbonyl (C=O) groups excluding carboxylic acids is 2. The molecule has 0 bridgehead atoms. The van der Waals surface area contributed by atoms with E-state index < -0.39 is 11.9 Å². The Morgan fingerprint density at radius 3 is 2.57 bits per heavy atom. The molecule has 0 spiro atoms. The van der Waals surface area contributed by atoms with Crippen LogP contribution in [0, 0.1) is 5.82 Å². The van der Waals surface area contributed by atoms with Gasteiger partial charge in [0.25, 0.3) is 5.91 Å². The molecule has 0 aliphatic carbocycles. The number of nitrogens with one attached hydrogen (secondary N) is 2. The van der Waals surface area contributed by atoms with E-state index in [-0.39, 0.29) is 23.3 Å². The molecule has 2 amide bonds. The molecule has 1 aromatic carbocycles. The van der Waals surface area contributed by atoms with Crippen LogP contribution < -0.4 is 16.4 Å². The van der Waals surface area contributed by atoms with Crippen LogP contribution in [0.4, 0.5) is 9.39 Å². The monoisotopic (exact) mass is 335 g/mol. The molecule has 1 aromatic heterocycles. The molecule has 0 saturated carbocycles. The van der Waals surface area contributed by atoms with E-state index in [9.17, 15) is 14.0 Å². The van der Waals surface area contributed by atoms with E-state index in [4.69, 9.17) is 5.73 Å². The lowest BCUT2D eigenvalue weighted by Crippen LogP contribution is -2.39. The standard InChI is InChI=1S/C16H18FN3O2S/c1-9(11-5-3-4-6-13(11)17)19-10(2)15(22)20-16-12(14(18)21)7-8-23-16/h3-10,19H,1-2H3,(H2,18,21)(H,20,22)/t9-,10+/m1/s1. The van der Waals surface area contributed by atoms with Gasteiger partial charge in [-0.3, -0.25) is 14.9 Å². The summed E-state index contributed by atoms with van der Waals surface area (Å²) >= 11 is 1.22. The van der Waals surface area contributed by atoms with Gasteiger partial charge in [0.15, 0.2) is 0 Å². The van der Waals surface area contributed by atoms with Gasteiger partial charge in [-0.25, -0.2) is 4.39 Å². The molecular formula is C16H18FN3O2S. The minimum absolute atomic E-state index is 0.276. The fourth-order valence-corrected chi connectivity index (χ4v) is 2.98. The normalized spacial score (nSPS) is 13.3. The number of amides is 2. The Morgan fingerprint density at radius 2 is 1.91 bits per heavy atom. The number of benzene rings is 1. The first-order valence-corrected chi connectivity index (χ1v) is 7.96. The SMILES string of the molecule is C[C@H](N[C@H](C)c1ccccc1F)C(=O)Nc1sccc1C(N)=O. The van der Waals surface area contributed by atoms with Crippen LogP contribution >= 0.6 is 11.3 Å². The van der Waals surface area contributed by atoms with Crippen LogP contribution in [0.15, 0.2) is 35.7 Å². The van der Waals surface area contributed by atoms with E-state index in [0.29, 0.717) is 10.6 Å². The molecule has 0 unspecified atom stereocenters. The van der Waals surface area contributed by atoms with Crippen molar-refractivity contribution in [2.75, 3.05) is 5.32 Å². The number of primary amides is 1. The summed E-state index contributed by atoms with van der Waals surface area (Å²) in [6.45, 7) is 3.45. The molecule has 122 valence electrons. The molecular weight excluding hydrogens is 317 g/mol. The van der Waals surface area contributed by atoms with Crippen molar-refractivity contribution in [3.63, 3.8) is 0 Å². The molecule has 2 aromatic rings. The third-order valence-electron chi connectivity index (χ3n) is 3.43. The van der Waals surface area contributed by atoms with Gasteiger partial charge in [-0.05, 0) is 31.4 Å². The second-order valence-corrected chi connectivity index (χ2v) is 6.06. The molecule has 0 fully saturated rings. The number of halogens is 1. The van der Waals surface area contributed by atoms with Gasteiger partial charge >= 0.3 is 0 Å². The smallest absolute Gasteiger partial charge is 0.251 e. The molecule has 7 heteroatoms. The minimum Gasteiger partial charge on any atom is -0.366 e. The largest absolute Gasteiger partial charge is 0.366 e. The summed E-state index contributed by atoms with van der Waals surface area (Å²) in [7, 11) is 0. The minimum atomic E-state index is -0.595. The molecule has 4 N–H and O–H groups in total. The van der Waals surface area contributed by atoms with Crippen molar-refractivity contribution >= 4 is 28.2 Å². The molecule has 2 atom stereocenters. The Bertz CT molecular complexity index is 717. The van der Waals surface area contributed by atoms with Gasteiger partial charge in [-0.1, -0.05) is 18.2 Å². The van der Waals surface area contributed by atoms with Crippen LogP contribution in [0.1, 0.15) is 35.8 Å². The van der Waals surface area contributed by atoms with Crippen LogP contribution in [0.3, 0.4) is 0 Å². The number of nitrogens with two attached hydrogens (primary N) is 1. The summed E-state index contributed by atoms with van der Waals surface area (Å²) in [5.74, 6) is -1.24. The van der Waals surface area contributed by atoms with Gasteiger partial charge in [-0.2, -0.15) is 0 Å². The van der Waals surface area contributed by atoms with Crippen molar-refractivity contribution in [3.05, 3.63) is 52.7 Å². The zero-order valence-corrected chi connectivity index (χ0v) is 13.6. The lowest BCUT2D eigenvalue weighted by molar-refractivity contribution is -0.117. The Hall–Kier alpha value is -2.25. The van der Waals surface area contributed by atoms with Crippen LogP contribution in [0.2, 0.25) is 0 Å². The lowest BCUT2D eigenvalue weighted by Gasteiger charge is -2.20. The Morgan fingerprint density at radius 1 is 1.22 bits per heavy atom. The predicted molar refractivity (Wildman–Crippen MR) is 88.9 cm³/mol. The Labute approximate surface area is 137 Å². The van der Waals surface area contributed by atoms with Gasteiger partial charge in [0.2, 0.25) is 5.91 Å². The average Bonchev–Trinajstić information content (AvgIpc) is 2.95. The third kappa shape index (κ3) is 4.14. The van der Waals surface area contributed by atoms with Gasteiger partial charge in [0, 0.05) is 11.6 Å². The summed E-state index contributed by atoms with van der Waals surface area (Å²) in [6, 6.07) is 7.05. The highest BCUT2D eigenvalue weighted by atomic mass is 32.1. The van der Waals surface area contributed by atoms with Crippen molar-refractivity contribution in [3.8, 4) is 0 Å². The van der Waals surface area contributed by atoms with Gasteiger partial charge in [0.05, 0.1) is 11.6 Å². The van der Waals surface area contributed by atoms with Crippen LogP contribution in [0.25, 0.3) is 0 Å². The quantitative estimate of drug-likeness (QED) is 0.759. The fourth-order valence-electron chi connectivity index (χ4n) is 2.19. The molecule has 2 rings (SSSR count). The summed E-state index contributed by atoms with van der Waals surface area (Å²) < 4.78 is 13.7. The number of rotatable bonds is 6. The second kappa shape index (κ2) is 7.34. The average molecular weight is 335 g/mol. The van der Waals surface area contributed by atoms with E-state index in [0.717, 1.165) is 0 Å². The first-order valence-electron chi connectivity index (χ1n) is 7.08. The van der Waals surface area contributed by atoms with Gasteiger partial charge in [0.1, 0.15) is 10.8 Å². The molecule has 0 aliphatic heterocycles. The van der Waals surface area contributed by atoms with E-state index >= 15 is 0 Å². The first kappa shape index (κ1) is 17.1. The molecule has 1 heterocycles. The van der Waals surface area contributed by atoms with Crippen LogP contribution in [0.5, 0.6) is 0 Å². The summed E-state index contributed by atoms with van der Waals surface area (Å²) in [5.41, 5.74) is 6.01. The zero-order chi connectivity index (χ0) is 17.0. The maximum absolute atomic E-state index is 13.7. The summed E-state index contributed by atoms with van der Waals surface area (Å²) in [5, 5.41) is 7.79. The van der Waals surface area contributed by atoms with Crippen LogP contribution in [-0.4, -0.2) is 17.9 Å². The molecule has 23 heavy (non-hydrogen) atoms. The Kier molecular flexibility index (Phi) is 5.46. The number of hydrogen-bond acceptors (Lipinski definition) is 4. The van der Waals surface area contributed by atoms with Crippen molar-refractivity contribution < 1.29 is 14.0 Å². The highest BCUT2D eigenvalue weighted by molar-refractivity contribution is 7.14. The van der Waals surface area contributed by atoms with E-state index in [1.165, 1.54) is 17.4 Å². The molecule has 0 radical (unpaired) electrons.